The summed E-state index contributed by atoms with van der Waals surface area (Å²) >= 11 is 0. The molecule has 0 atom stereocenters. The summed E-state index contributed by atoms with van der Waals surface area (Å²) in [6.07, 6.45) is 1.56. The molecule has 0 fully saturated rings. The Kier molecular flexibility index (Phi) is 5.24. The van der Waals surface area contributed by atoms with Gasteiger partial charge in [-0.25, -0.2) is 18.1 Å². The Morgan fingerprint density at radius 2 is 2.07 bits per heavy atom. The predicted octanol–water partition coefficient (Wildman–Crippen LogP) is 1.36. The molecular weight excluding hydrogens is 372 g/mol. The van der Waals surface area contributed by atoms with E-state index in [4.69, 9.17) is 9.26 Å². The molecule has 3 aromatic rings. The molecule has 3 aromatic heterocycles. The lowest BCUT2D eigenvalue weighted by Crippen LogP contribution is -2.24. The van der Waals surface area contributed by atoms with Crippen molar-refractivity contribution in [1.82, 2.24) is 29.6 Å². The third-order valence-electron chi connectivity index (χ3n) is 3.88. The standard InChI is InChI=1S/C16H20N6O4S/c1-5-25-13-7-6-12(8-17-13)16-19-14(26-21-16)9-18-27(23,24)15-10(2)20-22(4)11(15)3/h6-8,18H,5,9H2,1-4H3. The molecule has 3 rings (SSSR count). The molecule has 10 nitrogen and oxygen atoms in total. The van der Waals surface area contributed by atoms with E-state index in [9.17, 15) is 8.42 Å². The van der Waals surface area contributed by atoms with Crippen molar-refractivity contribution in [3.05, 3.63) is 35.6 Å². The van der Waals surface area contributed by atoms with Gasteiger partial charge in [0.15, 0.2) is 0 Å². The molecule has 0 spiro atoms. The Bertz CT molecular complexity index is 1040. The van der Waals surface area contributed by atoms with E-state index >= 15 is 0 Å². The Balaban J connectivity index is 1.72. The molecule has 0 aliphatic heterocycles. The lowest BCUT2D eigenvalue weighted by molar-refractivity contribution is 0.327. The Morgan fingerprint density at radius 3 is 2.67 bits per heavy atom. The van der Waals surface area contributed by atoms with Crippen molar-refractivity contribution < 1.29 is 17.7 Å². The Morgan fingerprint density at radius 1 is 1.30 bits per heavy atom. The molecule has 0 saturated heterocycles. The second-order valence-corrected chi connectivity index (χ2v) is 7.48. The van der Waals surface area contributed by atoms with Crippen LogP contribution in [0.25, 0.3) is 11.4 Å². The summed E-state index contributed by atoms with van der Waals surface area (Å²) in [4.78, 5) is 8.49. The minimum absolute atomic E-state index is 0.131. The lowest BCUT2D eigenvalue weighted by atomic mass is 10.3. The van der Waals surface area contributed by atoms with Crippen LogP contribution in [0.2, 0.25) is 0 Å². The summed E-state index contributed by atoms with van der Waals surface area (Å²) in [6.45, 7) is 5.60. The first kappa shape index (κ1) is 19.0. The summed E-state index contributed by atoms with van der Waals surface area (Å²) in [5.41, 5.74) is 1.61. The van der Waals surface area contributed by atoms with Crippen LogP contribution in [0.4, 0.5) is 0 Å². The number of sulfonamides is 1. The van der Waals surface area contributed by atoms with Gasteiger partial charge in [-0.2, -0.15) is 10.1 Å². The zero-order valence-electron chi connectivity index (χ0n) is 15.4. The highest BCUT2D eigenvalue weighted by Crippen LogP contribution is 2.20. The van der Waals surface area contributed by atoms with Gasteiger partial charge in [0.05, 0.1) is 24.5 Å². The van der Waals surface area contributed by atoms with Gasteiger partial charge in [0.2, 0.25) is 27.6 Å². The summed E-state index contributed by atoms with van der Waals surface area (Å²) < 4.78 is 39.5. The minimum atomic E-state index is -3.76. The number of ether oxygens (including phenoxy) is 1. The van der Waals surface area contributed by atoms with Crippen LogP contribution in [-0.2, 0) is 23.6 Å². The molecule has 0 aliphatic rings. The minimum Gasteiger partial charge on any atom is -0.478 e. The number of rotatable bonds is 7. The zero-order chi connectivity index (χ0) is 19.6. The highest BCUT2D eigenvalue weighted by atomic mass is 32.2. The smallest absolute Gasteiger partial charge is 0.244 e. The summed E-state index contributed by atoms with van der Waals surface area (Å²) in [5, 5.41) is 7.98. The maximum atomic E-state index is 12.6. The van der Waals surface area contributed by atoms with E-state index in [1.165, 1.54) is 4.68 Å². The number of hydrogen-bond donors (Lipinski definition) is 1. The molecule has 144 valence electrons. The van der Waals surface area contributed by atoms with E-state index in [0.29, 0.717) is 35.3 Å². The largest absolute Gasteiger partial charge is 0.478 e. The second-order valence-electron chi connectivity index (χ2n) is 5.78. The number of hydrogen-bond acceptors (Lipinski definition) is 8. The van der Waals surface area contributed by atoms with Crippen LogP contribution < -0.4 is 9.46 Å². The molecule has 1 N–H and O–H groups in total. The maximum absolute atomic E-state index is 12.6. The number of aromatic nitrogens is 5. The normalized spacial score (nSPS) is 11.7. The second kappa shape index (κ2) is 7.45. The summed E-state index contributed by atoms with van der Waals surface area (Å²) in [5.74, 6) is 0.954. The summed E-state index contributed by atoms with van der Waals surface area (Å²) in [7, 11) is -2.07. The van der Waals surface area contributed by atoms with Crippen LogP contribution in [0.1, 0.15) is 24.2 Å². The SMILES string of the molecule is CCOc1ccc(-c2noc(CNS(=O)(=O)c3c(C)nn(C)c3C)n2)cn1. The van der Waals surface area contributed by atoms with E-state index in [0.717, 1.165) is 0 Å². The van der Waals surface area contributed by atoms with Gasteiger partial charge in [-0.15, -0.1) is 0 Å². The van der Waals surface area contributed by atoms with Crippen molar-refractivity contribution in [2.24, 2.45) is 7.05 Å². The topological polar surface area (TPSA) is 125 Å². The van der Waals surface area contributed by atoms with Crippen LogP contribution >= 0.6 is 0 Å². The van der Waals surface area contributed by atoms with E-state index in [1.807, 2.05) is 6.92 Å². The molecule has 0 unspecified atom stereocenters. The van der Waals surface area contributed by atoms with Crippen molar-refractivity contribution in [1.29, 1.82) is 0 Å². The third kappa shape index (κ3) is 3.98. The average Bonchev–Trinajstić information content (AvgIpc) is 3.19. The summed E-state index contributed by atoms with van der Waals surface area (Å²) in [6, 6.07) is 3.45. The quantitative estimate of drug-likeness (QED) is 0.639. The van der Waals surface area contributed by atoms with Crippen LogP contribution in [0, 0.1) is 13.8 Å². The fraction of sp³-hybridized carbons (Fsp3) is 0.375. The van der Waals surface area contributed by atoms with E-state index in [-0.39, 0.29) is 17.3 Å². The van der Waals surface area contributed by atoms with Gasteiger partial charge in [-0.3, -0.25) is 4.68 Å². The van der Waals surface area contributed by atoms with Gasteiger partial charge in [0.25, 0.3) is 0 Å². The van der Waals surface area contributed by atoms with Gasteiger partial charge >= 0.3 is 0 Å². The van der Waals surface area contributed by atoms with Crippen molar-refractivity contribution in [3.63, 3.8) is 0 Å². The molecule has 3 heterocycles. The highest BCUT2D eigenvalue weighted by Gasteiger charge is 2.24. The van der Waals surface area contributed by atoms with Crippen molar-refractivity contribution in [2.75, 3.05) is 6.61 Å². The number of pyridine rings is 1. The first-order chi connectivity index (χ1) is 12.8. The van der Waals surface area contributed by atoms with Gasteiger partial charge in [-0.1, -0.05) is 5.16 Å². The van der Waals surface area contributed by atoms with Crippen LogP contribution in [0.15, 0.2) is 27.7 Å². The highest BCUT2D eigenvalue weighted by molar-refractivity contribution is 7.89. The molecule has 11 heteroatoms. The number of nitrogens with one attached hydrogen (secondary N) is 1. The van der Waals surface area contributed by atoms with E-state index in [1.54, 1.807) is 39.2 Å². The molecule has 0 amide bonds. The fourth-order valence-corrected chi connectivity index (χ4v) is 3.97. The Labute approximate surface area is 156 Å². The maximum Gasteiger partial charge on any atom is 0.244 e. The first-order valence-electron chi connectivity index (χ1n) is 8.23. The molecule has 27 heavy (non-hydrogen) atoms. The molecule has 0 saturated carbocycles. The van der Waals surface area contributed by atoms with Crippen LogP contribution in [0.3, 0.4) is 0 Å². The predicted molar refractivity (Wildman–Crippen MR) is 95.4 cm³/mol. The van der Waals surface area contributed by atoms with E-state index in [2.05, 4.69) is 24.9 Å². The monoisotopic (exact) mass is 392 g/mol. The molecule has 0 aromatic carbocycles. The van der Waals surface area contributed by atoms with Crippen molar-refractivity contribution in [2.45, 2.75) is 32.2 Å². The molecule has 0 radical (unpaired) electrons. The van der Waals surface area contributed by atoms with Gasteiger partial charge in [-0.05, 0) is 26.8 Å². The number of nitrogens with zero attached hydrogens (tertiary/aromatic N) is 5. The van der Waals surface area contributed by atoms with Gasteiger partial charge < -0.3 is 9.26 Å². The van der Waals surface area contributed by atoms with Gasteiger partial charge in [0, 0.05) is 24.9 Å². The molecule has 0 bridgehead atoms. The first-order valence-corrected chi connectivity index (χ1v) is 9.71. The van der Waals surface area contributed by atoms with Crippen molar-refractivity contribution in [3.8, 4) is 17.3 Å². The van der Waals surface area contributed by atoms with Crippen LogP contribution in [-0.4, -0.2) is 39.9 Å². The average molecular weight is 392 g/mol. The number of aryl methyl sites for hydroxylation is 2. The van der Waals surface area contributed by atoms with E-state index < -0.39 is 10.0 Å². The zero-order valence-corrected chi connectivity index (χ0v) is 16.2. The molecular formula is C16H20N6O4S. The van der Waals surface area contributed by atoms with Gasteiger partial charge in [0.1, 0.15) is 4.90 Å². The van der Waals surface area contributed by atoms with Crippen molar-refractivity contribution >= 4 is 10.0 Å². The molecule has 0 aliphatic carbocycles. The van der Waals surface area contributed by atoms with Crippen LogP contribution in [0.5, 0.6) is 5.88 Å². The third-order valence-corrected chi connectivity index (χ3v) is 5.53. The Hall–Kier alpha value is -2.79. The lowest BCUT2D eigenvalue weighted by Gasteiger charge is -2.04. The fourth-order valence-electron chi connectivity index (χ4n) is 2.56.